The van der Waals surface area contributed by atoms with Gasteiger partial charge in [0.2, 0.25) is 0 Å². The summed E-state index contributed by atoms with van der Waals surface area (Å²) < 4.78 is 27.5. The number of benzene rings is 2. The second-order valence-electron chi connectivity index (χ2n) is 8.96. The summed E-state index contributed by atoms with van der Waals surface area (Å²) in [6, 6.07) is 14.1. The fourth-order valence-electron chi connectivity index (χ4n) is 5.00. The summed E-state index contributed by atoms with van der Waals surface area (Å²) in [6.45, 7) is 5.71. The maximum absolute atomic E-state index is 12.3. The van der Waals surface area contributed by atoms with Crippen LogP contribution in [0.15, 0.2) is 48.5 Å². The number of hydrogen-bond acceptors (Lipinski definition) is 6. The number of carbonyl (C=O) groups is 1. The van der Waals surface area contributed by atoms with E-state index in [1.54, 1.807) is 31.2 Å². The third-order valence-electron chi connectivity index (χ3n) is 6.77. The number of nitrogens with one attached hydrogen (secondary N) is 1. The van der Waals surface area contributed by atoms with Gasteiger partial charge in [0.05, 0.1) is 28.4 Å². The molecule has 3 atom stereocenters. The first-order valence-corrected chi connectivity index (χ1v) is 11.2. The van der Waals surface area contributed by atoms with E-state index in [0.29, 0.717) is 22.9 Å². The Kier molecular flexibility index (Phi) is 4.68. The zero-order valence-electron chi connectivity index (χ0n) is 21.2. The number of nitrogens with zero attached hydrogens (tertiary/aromatic N) is 2. The van der Waals surface area contributed by atoms with Crippen molar-refractivity contribution < 1.29 is 13.6 Å². The largest absolute Gasteiger partial charge is 0.497 e. The zero-order chi connectivity index (χ0) is 24.7. The number of rotatable bonds is 5. The number of nitrogens with two attached hydrogens (primary N) is 1. The van der Waals surface area contributed by atoms with Gasteiger partial charge in [-0.05, 0) is 56.5 Å². The van der Waals surface area contributed by atoms with Crippen molar-refractivity contribution in [2.45, 2.75) is 19.4 Å². The minimum atomic E-state index is -2.53. The predicted molar refractivity (Wildman–Crippen MR) is 128 cm³/mol. The van der Waals surface area contributed by atoms with Crippen molar-refractivity contribution in [3.05, 3.63) is 54.1 Å². The predicted octanol–water partition coefficient (Wildman–Crippen LogP) is 3.49. The van der Waals surface area contributed by atoms with Gasteiger partial charge in [0, 0.05) is 41.4 Å². The van der Waals surface area contributed by atoms with Gasteiger partial charge in [-0.25, -0.2) is 4.98 Å². The van der Waals surface area contributed by atoms with Crippen LogP contribution in [0.1, 0.15) is 27.8 Å². The molecule has 6 heteroatoms. The molecule has 2 aromatic carbocycles. The number of pyridine rings is 1. The third kappa shape index (κ3) is 3.85. The van der Waals surface area contributed by atoms with Crippen LogP contribution < -0.4 is 20.7 Å². The molecule has 3 N–H and O–H groups in total. The maximum Gasteiger partial charge on any atom is 0.179 e. The van der Waals surface area contributed by atoms with Gasteiger partial charge in [0.25, 0.3) is 0 Å². The molecule has 2 fully saturated rings. The molecular weight excluding hydrogens is 400 g/mol. The Morgan fingerprint density at radius 1 is 1.22 bits per heavy atom. The molecule has 2 aliphatic rings. The lowest BCUT2D eigenvalue weighted by atomic mass is 9.90. The molecule has 2 aliphatic heterocycles. The molecule has 0 bridgehead atoms. The number of fused-ring (bicyclic) bond motifs is 2. The van der Waals surface area contributed by atoms with Crippen LogP contribution in [-0.2, 0) is 0 Å². The van der Waals surface area contributed by atoms with Crippen molar-refractivity contribution in [3.63, 3.8) is 0 Å². The number of carbonyl (C=O) groups excluding carboxylic acids is 1. The highest BCUT2D eigenvalue weighted by atomic mass is 16.5. The minimum Gasteiger partial charge on any atom is -0.497 e. The van der Waals surface area contributed by atoms with Crippen molar-refractivity contribution >= 4 is 22.4 Å². The summed E-state index contributed by atoms with van der Waals surface area (Å²) in [4.78, 5) is 19.5. The van der Waals surface area contributed by atoms with Gasteiger partial charge in [-0.3, -0.25) is 4.79 Å². The molecule has 0 saturated carbocycles. The van der Waals surface area contributed by atoms with E-state index in [1.165, 1.54) is 6.42 Å². The first kappa shape index (κ1) is 17.6. The Morgan fingerprint density at radius 2 is 2.03 bits per heavy atom. The fraction of sp³-hybridized carbons (Fsp3) is 0.385. The molecule has 0 spiro atoms. The van der Waals surface area contributed by atoms with Gasteiger partial charge in [-0.15, -0.1) is 0 Å². The molecule has 3 heterocycles. The van der Waals surface area contributed by atoms with E-state index in [9.17, 15) is 4.79 Å². The maximum atomic E-state index is 12.3. The highest BCUT2D eigenvalue weighted by Gasteiger charge is 2.35. The lowest BCUT2D eigenvalue weighted by Gasteiger charge is -2.23. The second kappa shape index (κ2) is 8.52. The summed E-state index contributed by atoms with van der Waals surface area (Å²) in [5.74, 6) is 1.41. The first-order chi connectivity index (χ1) is 16.7. The first-order valence-electron chi connectivity index (χ1n) is 12.7. The van der Waals surface area contributed by atoms with Gasteiger partial charge < -0.3 is 20.7 Å². The number of hydrogen-bond donors (Lipinski definition) is 2. The Labute approximate surface area is 193 Å². The summed E-state index contributed by atoms with van der Waals surface area (Å²) in [5, 5.41) is 4.47. The van der Waals surface area contributed by atoms with Crippen LogP contribution in [0.2, 0.25) is 0 Å². The molecule has 1 aromatic heterocycles. The Morgan fingerprint density at radius 3 is 2.78 bits per heavy atom. The van der Waals surface area contributed by atoms with Crippen molar-refractivity contribution in [2.24, 2.45) is 17.6 Å². The van der Waals surface area contributed by atoms with Crippen molar-refractivity contribution in [2.75, 3.05) is 38.1 Å². The molecule has 3 unspecified atom stereocenters. The number of Topliss-reactive ketones (excluding diaryl/α,β-unsaturated/α-hetero) is 1. The van der Waals surface area contributed by atoms with Gasteiger partial charge in [-0.2, -0.15) is 0 Å². The molecule has 2 saturated heterocycles. The number of piperidine rings is 1. The van der Waals surface area contributed by atoms with E-state index < -0.39 is 13.1 Å². The quantitative estimate of drug-likeness (QED) is 0.600. The SMILES string of the molecule is [2H]C([2H])([2H])Oc1ccc2c(N3CC4CCNCC4C3)cc(-c3ccc(C(=O)C(C)N)cc3)nc2c1. The van der Waals surface area contributed by atoms with Gasteiger partial charge in [0.1, 0.15) is 5.75 Å². The summed E-state index contributed by atoms with van der Waals surface area (Å²) in [5.41, 5.74) is 9.69. The van der Waals surface area contributed by atoms with E-state index in [2.05, 4.69) is 16.3 Å². The minimum absolute atomic E-state index is 0.108. The van der Waals surface area contributed by atoms with Gasteiger partial charge >= 0.3 is 0 Å². The van der Waals surface area contributed by atoms with Crippen LogP contribution in [0.25, 0.3) is 22.2 Å². The molecule has 0 radical (unpaired) electrons. The van der Waals surface area contributed by atoms with E-state index in [0.717, 1.165) is 48.5 Å². The number of anilines is 1. The lowest BCUT2D eigenvalue weighted by molar-refractivity contribution is 0.0968. The number of ether oxygens (including phenoxy) is 1. The standard InChI is InChI=1S/C26H30N4O2/c1-16(27)26(31)18-5-3-17(4-6-18)23-12-25(22-8-7-21(32-2)11-24(22)29-23)30-14-19-9-10-28-13-20(19)15-30/h3-8,11-12,16,19-20,28H,9-10,13-15,27H2,1-2H3/i2D3. The van der Waals surface area contributed by atoms with E-state index in [1.807, 2.05) is 18.2 Å². The second-order valence-corrected chi connectivity index (χ2v) is 8.96. The Hall–Kier alpha value is -2.96. The Balaban J connectivity index is 1.57. The average molecular weight is 434 g/mol. The summed E-state index contributed by atoms with van der Waals surface area (Å²) >= 11 is 0. The number of ketones is 1. The van der Waals surface area contributed by atoms with Crippen LogP contribution in [0.3, 0.4) is 0 Å². The van der Waals surface area contributed by atoms with Crippen LogP contribution in [0.5, 0.6) is 5.75 Å². The normalized spacial score (nSPS) is 23.2. The van der Waals surface area contributed by atoms with Crippen molar-refractivity contribution in [1.82, 2.24) is 10.3 Å². The molecule has 5 rings (SSSR count). The molecule has 3 aromatic rings. The van der Waals surface area contributed by atoms with Crippen LogP contribution in [0.4, 0.5) is 5.69 Å². The number of methoxy groups -OCH3 is 1. The lowest BCUT2D eigenvalue weighted by Crippen LogP contribution is -2.35. The third-order valence-corrected chi connectivity index (χ3v) is 6.77. The average Bonchev–Trinajstić information content (AvgIpc) is 3.26. The fourth-order valence-corrected chi connectivity index (χ4v) is 5.00. The smallest absolute Gasteiger partial charge is 0.179 e. The molecule has 6 nitrogen and oxygen atoms in total. The van der Waals surface area contributed by atoms with E-state index in [-0.39, 0.29) is 11.5 Å². The van der Waals surface area contributed by atoms with Crippen LogP contribution >= 0.6 is 0 Å². The molecular formula is C26H30N4O2. The van der Waals surface area contributed by atoms with Crippen LogP contribution in [0, 0.1) is 11.8 Å². The van der Waals surface area contributed by atoms with Crippen molar-refractivity contribution in [1.29, 1.82) is 0 Å². The monoisotopic (exact) mass is 433 g/mol. The molecule has 0 amide bonds. The van der Waals surface area contributed by atoms with E-state index in [4.69, 9.17) is 19.6 Å². The molecule has 0 aliphatic carbocycles. The van der Waals surface area contributed by atoms with Gasteiger partial charge in [0.15, 0.2) is 5.78 Å². The van der Waals surface area contributed by atoms with Crippen LogP contribution in [-0.4, -0.2) is 50.0 Å². The number of aromatic nitrogens is 1. The summed E-state index contributed by atoms with van der Waals surface area (Å²) in [6.07, 6.45) is 1.17. The van der Waals surface area contributed by atoms with Crippen molar-refractivity contribution in [3.8, 4) is 17.0 Å². The topological polar surface area (TPSA) is 80.5 Å². The molecule has 32 heavy (non-hydrogen) atoms. The van der Waals surface area contributed by atoms with E-state index >= 15 is 0 Å². The highest BCUT2D eigenvalue weighted by molar-refractivity contribution is 6.00. The molecule has 166 valence electrons. The summed E-state index contributed by atoms with van der Waals surface area (Å²) in [7, 11) is -2.53. The highest BCUT2D eigenvalue weighted by Crippen LogP contribution is 2.38. The Bertz CT molecular complexity index is 1230. The zero-order valence-corrected chi connectivity index (χ0v) is 18.2. The van der Waals surface area contributed by atoms with Gasteiger partial charge in [-0.1, -0.05) is 24.3 Å².